The highest BCUT2D eigenvalue weighted by Crippen LogP contribution is 2.53. The maximum Gasteiger partial charge on any atom is 0.313 e. The van der Waals surface area contributed by atoms with Gasteiger partial charge in [0.15, 0.2) is 0 Å². The quantitative estimate of drug-likeness (QED) is 0.452. The van der Waals surface area contributed by atoms with E-state index in [4.69, 9.17) is 9.47 Å². The number of esters is 1. The van der Waals surface area contributed by atoms with E-state index in [0.717, 1.165) is 24.5 Å². The van der Waals surface area contributed by atoms with Gasteiger partial charge in [-0.1, -0.05) is 18.2 Å². The Bertz CT molecular complexity index is 1080. The van der Waals surface area contributed by atoms with Gasteiger partial charge in [-0.2, -0.15) is 0 Å². The lowest BCUT2D eigenvalue weighted by atomic mass is 9.78. The van der Waals surface area contributed by atoms with Crippen molar-refractivity contribution in [3.05, 3.63) is 48.6 Å². The Morgan fingerprint density at radius 1 is 1.08 bits per heavy atom. The normalized spacial score (nSPS) is 31.0. The second-order valence-electron chi connectivity index (χ2n) is 9.55. The summed E-state index contributed by atoms with van der Waals surface area (Å²) in [5.41, 5.74) is 0.515. The van der Waals surface area contributed by atoms with Crippen molar-refractivity contribution in [3.63, 3.8) is 0 Å². The van der Waals surface area contributed by atoms with Crippen molar-refractivity contribution < 1.29 is 29.0 Å². The fraction of sp³-hybridized carbons (Fsp3) is 0.519. The summed E-state index contributed by atoms with van der Waals surface area (Å²) in [6.07, 6.45) is 6.81. The number of ether oxygens (including phenoxy) is 2. The van der Waals surface area contributed by atoms with Gasteiger partial charge in [0, 0.05) is 44.2 Å². The van der Waals surface area contributed by atoms with Gasteiger partial charge in [-0.15, -0.1) is 0 Å². The van der Waals surface area contributed by atoms with Gasteiger partial charge in [-0.25, -0.2) is 0 Å². The average Bonchev–Trinajstić information content (AvgIpc) is 3.18. The summed E-state index contributed by atoms with van der Waals surface area (Å²) < 4.78 is 11.8. The van der Waals surface area contributed by atoms with Crippen LogP contribution in [0.4, 0.5) is 11.4 Å². The number of benzene rings is 1. The Morgan fingerprint density at radius 3 is 2.53 bits per heavy atom. The first-order valence-corrected chi connectivity index (χ1v) is 12.7. The fourth-order valence-corrected chi connectivity index (χ4v) is 6.11. The monoisotopic (exact) mass is 495 g/mol. The van der Waals surface area contributed by atoms with Gasteiger partial charge >= 0.3 is 5.97 Å². The molecule has 2 saturated heterocycles. The summed E-state index contributed by atoms with van der Waals surface area (Å²) in [6.45, 7) is 6.48. The van der Waals surface area contributed by atoms with Crippen molar-refractivity contribution in [2.24, 2.45) is 11.8 Å². The highest BCUT2D eigenvalue weighted by Gasteiger charge is 2.71. The third kappa shape index (κ3) is 3.72. The Balaban J connectivity index is 1.53. The molecule has 1 spiro atoms. The second-order valence-corrected chi connectivity index (χ2v) is 9.55. The molecular formula is C27H33N3O6. The molecule has 2 fully saturated rings. The van der Waals surface area contributed by atoms with E-state index < -0.39 is 35.6 Å². The number of amides is 2. The predicted octanol–water partition coefficient (Wildman–Crippen LogP) is 1.51. The minimum absolute atomic E-state index is 0.119. The van der Waals surface area contributed by atoms with Gasteiger partial charge in [-0.05, 0) is 50.6 Å². The van der Waals surface area contributed by atoms with E-state index in [2.05, 4.69) is 18.7 Å². The van der Waals surface area contributed by atoms with E-state index >= 15 is 0 Å². The molecule has 2 amide bonds. The second kappa shape index (κ2) is 9.71. The molecule has 4 aliphatic rings. The molecule has 5 atom stereocenters. The summed E-state index contributed by atoms with van der Waals surface area (Å²) in [4.78, 5) is 46.2. The molecule has 5 rings (SSSR count). The van der Waals surface area contributed by atoms with Crippen LogP contribution in [0.15, 0.2) is 48.6 Å². The number of fused-ring (bicyclic) bond motifs is 2. The SMILES string of the molecule is CCN(CC)c1ccc(N2CC=CC34O[C@@H]5C=CCOC(=O)[C@@H]5[C@H]3C(=O)N(CCCO)[C@@H]4C2=O)cc1. The van der Waals surface area contributed by atoms with Crippen LogP contribution in [-0.4, -0.2) is 84.9 Å². The number of rotatable bonds is 7. The van der Waals surface area contributed by atoms with E-state index in [9.17, 15) is 19.5 Å². The highest BCUT2D eigenvalue weighted by atomic mass is 16.6. The molecule has 1 aromatic rings. The number of cyclic esters (lactones) is 1. The van der Waals surface area contributed by atoms with Gasteiger partial charge in [0.1, 0.15) is 24.2 Å². The number of nitrogens with zero attached hydrogens (tertiary/aromatic N) is 3. The lowest BCUT2D eigenvalue weighted by molar-refractivity contribution is -0.152. The zero-order valence-corrected chi connectivity index (χ0v) is 20.7. The van der Waals surface area contributed by atoms with Crippen LogP contribution >= 0.6 is 0 Å². The summed E-state index contributed by atoms with van der Waals surface area (Å²) in [6, 6.07) is 6.89. The standard InChI is InChI=1S/C27H33N3O6/c1-3-28(4-2)18-9-11-19(12-10-18)29-14-6-13-27-22(21-20(36-27)8-5-17-35-26(21)34)24(32)30(15-7-16-31)23(27)25(29)33/h5-6,8-13,20-23,31H,3-4,7,14-17H2,1-2H3/t20-,21+,22+,23-,27?/m1/s1. The summed E-state index contributed by atoms with van der Waals surface area (Å²) in [7, 11) is 0. The number of anilines is 2. The Labute approximate surface area is 210 Å². The topological polar surface area (TPSA) is 99.6 Å². The van der Waals surface area contributed by atoms with Gasteiger partial charge in [0.25, 0.3) is 5.91 Å². The van der Waals surface area contributed by atoms with E-state index in [1.54, 1.807) is 23.1 Å². The molecule has 1 N–H and O–H groups in total. The number of carbonyl (C=O) groups excluding carboxylic acids is 3. The van der Waals surface area contributed by atoms with Gasteiger partial charge < -0.3 is 29.3 Å². The van der Waals surface area contributed by atoms with E-state index in [1.807, 2.05) is 30.3 Å². The predicted molar refractivity (Wildman–Crippen MR) is 133 cm³/mol. The minimum atomic E-state index is -1.28. The molecule has 1 unspecified atom stereocenters. The number of hydrogen-bond donors (Lipinski definition) is 1. The summed E-state index contributed by atoms with van der Waals surface area (Å²) >= 11 is 0. The molecule has 9 nitrogen and oxygen atoms in total. The lowest BCUT2D eigenvalue weighted by Gasteiger charge is -2.35. The first kappa shape index (κ1) is 24.5. The largest absolute Gasteiger partial charge is 0.461 e. The van der Waals surface area contributed by atoms with Crippen LogP contribution in [-0.2, 0) is 23.9 Å². The van der Waals surface area contributed by atoms with E-state index in [-0.39, 0.29) is 31.6 Å². The Hall–Kier alpha value is -3.17. The lowest BCUT2D eigenvalue weighted by Crippen LogP contribution is -2.55. The number of aliphatic hydroxyl groups is 1. The third-order valence-corrected chi connectivity index (χ3v) is 7.76. The van der Waals surface area contributed by atoms with Crippen molar-refractivity contribution >= 4 is 29.2 Å². The molecule has 0 radical (unpaired) electrons. The highest BCUT2D eigenvalue weighted by molar-refractivity contribution is 6.05. The smallest absolute Gasteiger partial charge is 0.313 e. The number of carbonyl (C=O) groups is 3. The van der Waals surface area contributed by atoms with E-state index in [1.165, 1.54) is 4.90 Å². The van der Waals surface area contributed by atoms with Gasteiger partial charge in [-0.3, -0.25) is 14.4 Å². The fourth-order valence-electron chi connectivity index (χ4n) is 6.11. The first-order chi connectivity index (χ1) is 17.5. The van der Waals surface area contributed by atoms with Crippen LogP contribution in [0.2, 0.25) is 0 Å². The molecule has 0 aliphatic carbocycles. The van der Waals surface area contributed by atoms with Crippen LogP contribution in [0.3, 0.4) is 0 Å². The molecule has 192 valence electrons. The van der Waals surface area contributed by atoms with Crippen LogP contribution < -0.4 is 9.80 Å². The van der Waals surface area contributed by atoms with Gasteiger partial charge in [0.2, 0.25) is 5.91 Å². The number of likely N-dealkylation sites (tertiary alicyclic amines) is 1. The van der Waals surface area contributed by atoms with E-state index in [0.29, 0.717) is 13.0 Å². The van der Waals surface area contributed by atoms with Gasteiger partial charge in [0.05, 0.1) is 12.0 Å². The number of hydrogen-bond acceptors (Lipinski definition) is 7. The zero-order chi connectivity index (χ0) is 25.4. The molecule has 9 heteroatoms. The Morgan fingerprint density at radius 2 is 1.83 bits per heavy atom. The maximum atomic E-state index is 14.2. The molecule has 4 heterocycles. The molecule has 4 aliphatic heterocycles. The molecule has 0 aromatic heterocycles. The molecule has 0 bridgehead atoms. The molecule has 0 saturated carbocycles. The van der Waals surface area contributed by atoms with Crippen molar-refractivity contribution in [3.8, 4) is 0 Å². The van der Waals surface area contributed by atoms with Crippen molar-refractivity contribution in [1.82, 2.24) is 4.90 Å². The van der Waals surface area contributed by atoms with Crippen LogP contribution in [0.5, 0.6) is 0 Å². The van der Waals surface area contributed by atoms with Crippen LogP contribution in [0, 0.1) is 11.8 Å². The van der Waals surface area contributed by atoms with Crippen molar-refractivity contribution in [2.75, 3.05) is 49.2 Å². The summed E-state index contributed by atoms with van der Waals surface area (Å²) in [5.74, 6) is -2.76. The first-order valence-electron chi connectivity index (χ1n) is 12.7. The molecule has 1 aromatic carbocycles. The van der Waals surface area contributed by atoms with Crippen molar-refractivity contribution in [2.45, 2.75) is 38.0 Å². The minimum Gasteiger partial charge on any atom is -0.461 e. The van der Waals surface area contributed by atoms with Crippen LogP contribution in [0.1, 0.15) is 20.3 Å². The average molecular weight is 496 g/mol. The number of aliphatic hydroxyl groups excluding tert-OH is 1. The van der Waals surface area contributed by atoms with Crippen LogP contribution in [0.25, 0.3) is 0 Å². The maximum absolute atomic E-state index is 14.2. The molecular weight excluding hydrogens is 462 g/mol. The van der Waals surface area contributed by atoms with Crippen molar-refractivity contribution in [1.29, 1.82) is 0 Å². The molecule has 36 heavy (non-hydrogen) atoms. The Kier molecular flexibility index (Phi) is 6.61. The third-order valence-electron chi connectivity index (χ3n) is 7.76. The zero-order valence-electron chi connectivity index (χ0n) is 20.7. The summed E-state index contributed by atoms with van der Waals surface area (Å²) in [5, 5.41) is 9.47.